The molecule has 4 rings (SSSR count). The predicted molar refractivity (Wildman–Crippen MR) is 112 cm³/mol. The summed E-state index contributed by atoms with van der Waals surface area (Å²) in [7, 11) is 0. The number of hydrogen-bond donors (Lipinski definition) is 1. The highest BCUT2D eigenvalue weighted by molar-refractivity contribution is 5.79. The molecule has 7 heteroatoms. The summed E-state index contributed by atoms with van der Waals surface area (Å²) in [5.41, 5.74) is 0. The molecule has 0 aromatic carbocycles. The molecule has 0 saturated carbocycles. The SMILES string of the molecule is O=C(NCCN1CCCCC1)C1CCN(c2ccc(N3CCCC3)nn2)CC1. The van der Waals surface area contributed by atoms with Gasteiger partial charge in [-0.25, -0.2) is 0 Å². The van der Waals surface area contributed by atoms with Crippen molar-refractivity contribution in [2.75, 3.05) is 62.2 Å². The number of nitrogens with one attached hydrogen (secondary N) is 1. The zero-order chi connectivity index (χ0) is 19.2. The fourth-order valence-corrected chi connectivity index (χ4v) is 4.64. The number of likely N-dealkylation sites (tertiary alicyclic amines) is 1. The lowest BCUT2D eigenvalue weighted by Gasteiger charge is -2.32. The highest BCUT2D eigenvalue weighted by Gasteiger charge is 2.26. The molecule has 154 valence electrons. The third-order valence-corrected chi connectivity index (χ3v) is 6.43. The zero-order valence-corrected chi connectivity index (χ0v) is 17.0. The first-order valence-corrected chi connectivity index (χ1v) is 11.1. The Kier molecular flexibility index (Phi) is 6.62. The van der Waals surface area contributed by atoms with Gasteiger partial charge in [0.2, 0.25) is 5.91 Å². The van der Waals surface area contributed by atoms with Gasteiger partial charge >= 0.3 is 0 Å². The molecular formula is C21H34N6O. The quantitative estimate of drug-likeness (QED) is 0.806. The van der Waals surface area contributed by atoms with Crippen LogP contribution in [0.25, 0.3) is 0 Å². The van der Waals surface area contributed by atoms with E-state index >= 15 is 0 Å². The number of amides is 1. The number of carbonyl (C=O) groups is 1. The molecule has 4 heterocycles. The van der Waals surface area contributed by atoms with Crippen LogP contribution in [0.5, 0.6) is 0 Å². The van der Waals surface area contributed by atoms with Crippen LogP contribution in [-0.2, 0) is 4.79 Å². The van der Waals surface area contributed by atoms with Gasteiger partial charge in [0.25, 0.3) is 0 Å². The molecule has 0 radical (unpaired) electrons. The van der Waals surface area contributed by atoms with Crippen molar-refractivity contribution in [1.29, 1.82) is 0 Å². The van der Waals surface area contributed by atoms with Crippen molar-refractivity contribution < 1.29 is 4.79 Å². The smallest absolute Gasteiger partial charge is 0.223 e. The van der Waals surface area contributed by atoms with E-state index in [4.69, 9.17) is 0 Å². The fraction of sp³-hybridized carbons (Fsp3) is 0.762. The average Bonchev–Trinajstić information content (AvgIpc) is 3.30. The maximum atomic E-state index is 12.5. The third-order valence-electron chi connectivity index (χ3n) is 6.43. The second-order valence-electron chi connectivity index (χ2n) is 8.40. The number of rotatable bonds is 6. The van der Waals surface area contributed by atoms with Crippen molar-refractivity contribution in [2.24, 2.45) is 5.92 Å². The van der Waals surface area contributed by atoms with Crippen LogP contribution in [-0.4, -0.2) is 73.4 Å². The van der Waals surface area contributed by atoms with Gasteiger partial charge in [0.05, 0.1) is 0 Å². The standard InChI is InChI=1S/C21H34N6O/c28-21(22-10-17-25-11-2-1-3-12-25)18-8-15-27(16-9-18)20-7-6-19(23-24-20)26-13-4-5-14-26/h6-7,18H,1-5,8-17H2,(H,22,28). The van der Waals surface area contributed by atoms with Crippen LogP contribution in [0, 0.1) is 5.92 Å². The second-order valence-corrected chi connectivity index (χ2v) is 8.40. The highest BCUT2D eigenvalue weighted by atomic mass is 16.1. The van der Waals surface area contributed by atoms with Gasteiger partial charge in [0, 0.05) is 45.2 Å². The summed E-state index contributed by atoms with van der Waals surface area (Å²) in [6.07, 6.45) is 8.24. The Bertz CT molecular complexity index is 616. The molecule has 1 N–H and O–H groups in total. The van der Waals surface area contributed by atoms with Crippen LogP contribution >= 0.6 is 0 Å². The normalized spacial score (nSPS) is 21.9. The van der Waals surface area contributed by atoms with Crippen molar-refractivity contribution in [2.45, 2.75) is 44.9 Å². The van der Waals surface area contributed by atoms with Crippen LogP contribution in [0.1, 0.15) is 44.9 Å². The Hall–Kier alpha value is -1.89. The van der Waals surface area contributed by atoms with E-state index in [1.54, 1.807) is 0 Å². The summed E-state index contributed by atoms with van der Waals surface area (Å²) in [5.74, 6) is 2.29. The Morgan fingerprint density at radius 1 is 0.857 bits per heavy atom. The van der Waals surface area contributed by atoms with E-state index in [2.05, 4.69) is 42.3 Å². The van der Waals surface area contributed by atoms with Gasteiger partial charge in [0.15, 0.2) is 11.6 Å². The third kappa shape index (κ3) is 4.93. The van der Waals surface area contributed by atoms with Gasteiger partial charge in [-0.2, -0.15) is 0 Å². The number of carbonyl (C=O) groups excluding carboxylic acids is 1. The number of aromatic nitrogens is 2. The molecule has 0 aliphatic carbocycles. The van der Waals surface area contributed by atoms with Gasteiger partial charge in [0.1, 0.15) is 0 Å². The second kappa shape index (κ2) is 9.54. The largest absolute Gasteiger partial charge is 0.355 e. The van der Waals surface area contributed by atoms with E-state index in [1.807, 2.05) is 0 Å². The van der Waals surface area contributed by atoms with Crippen molar-refractivity contribution in [1.82, 2.24) is 20.4 Å². The lowest BCUT2D eigenvalue weighted by atomic mass is 9.96. The molecule has 28 heavy (non-hydrogen) atoms. The molecular weight excluding hydrogens is 352 g/mol. The summed E-state index contributed by atoms with van der Waals surface area (Å²) in [5, 5.41) is 12.0. The number of anilines is 2. The summed E-state index contributed by atoms with van der Waals surface area (Å²) in [6.45, 7) is 8.08. The molecule has 7 nitrogen and oxygen atoms in total. The van der Waals surface area contributed by atoms with Gasteiger partial charge < -0.3 is 20.0 Å². The molecule has 1 aromatic heterocycles. The Labute approximate surface area is 168 Å². The van der Waals surface area contributed by atoms with Crippen molar-refractivity contribution >= 4 is 17.5 Å². The molecule has 3 fully saturated rings. The fourth-order valence-electron chi connectivity index (χ4n) is 4.64. The zero-order valence-electron chi connectivity index (χ0n) is 17.0. The van der Waals surface area contributed by atoms with E-state index in [9.17, 15) is 4.79 Å². The van der Waals surface area contributed by atoms with Crippen molar-refractivity contribution in [3.05, 3.63) is 12.1 Å². The highest BCUT2D eigenvalue weighted by Crippen LogP contribution is 2.23. The number of piperidine rings is 2. The maximum absolute atomic E-state index is 12.5. The van der Waals surface area contributed by atoms with Crippen LogP contribution in [0.4, 0.5) is 11.6 Å². The summed E-state index contributed by atoms with van der Waals surface area (Å²) in [6, 6.07) is 4.17. The average molecular weight is 387 g/mol. The Morgan fingerprint density at radius 3 is 2.04 bits per heavy atom. The van der Waals surface area contributed by atoms with Gasteiger partial charge in [-0.05, 0) is 63.7 Å². The van der Waals surface area contributed by atoms with Crippen LogP contribution in [0.3, 0.4) is 0 Å². The molecule has 3 saturated heterocycles. The van der Waals surface area contributed by atoms with Crippen molar-refractivity contribution in [3.8, 4) is 0 Å². The lowest BCUT2D eigenvalue weighted by Crippen LogP contribution is -2.43. The first kappa shape index (κ1) is 19.4. The van der Waals surface area contributed by atoms with E-state index in [1.165, 1.54) is 45.2 Å². The van der Waals surface area contributed by atoms with Gasteiger partial charge in [-0.3, -0.25) is 4.79 Å². The van der Waals surface area contributed by atoms with E-state index in [-0.39, 0.29) is 11.8 Å². The first-order valence-electron chi connectivity index (χ1n) is 11.1. The predicted octanol–water partition coefficient (Wildman–Crippen LogP) is 1.90. The summed E-state index contributed by atoms with van der Waals surface area (Å²) in [4.78, 5) is 19.5. The van der Waals surface area contributed by atoms with Crippen LogP contribution in [0.2, 0.25) is 0 Å². The first-order chi connectivity index (χ1) is 13.8. The van der Waals surface area contributed by atoms with E-state index in [0.717, 1.165) is 63.7 Å². The van der Waals surface area contributed by atoms with Crippen LogP contribution < -0.4 is 15.1 Å². The molecule has 0 spiro atoms. The lowest BCUT2D eigenvalue weighted by molar-refractivity contribution is -0.125. The van der Waals surface area contributed by atoms with Gasteiger partial charge in [-0.15, -0.1) is 10.2 Å². The van der Waals surface area contributed by atoms with Crippen LogP contribution in [0.15, 0.2) is 12.1 Å². The molecule has 1 aromatic rings. The minimum absolute atomic E-state index is 0.134. The Balaban J connectivity index is 1.19. The number of nitrogens with zero attached hydrogens (tertiary/aromatic N) is 5. The topological polar surface area (TPSA) is 64.6 Å². The minimum atomic E-state index is 0.134. The molecule has 1 amide bonds. The summed E-state index contributed by atoms with van der Waals surface area (Å²) >= 11 is 0. The molecule has 0 atom stereocenters. The molecule has 3 aliphatic heterocycles. The molecule has 0 unspecified atom stereocenters. The Morgan fingerprint density at radius 2 is 1.43 bits per heavy atom. The minimum Gasteiger partial charge on any atom is -0.355 e. The molecule has 3 aliphatic rings. The number of hydrogen-bond acceptors (Lipinski definition) is 6. The van der Waals surface area contributed by atoms with E-state index < -0.39 is 0 Å². The monoisotopic (exact) mass is 386 g/mol. The van der Waals surface area contributed by atoms with E-state index in [0.29, 0.717) is 0 Å². The maximum Gasteiger partial charge on any atom is 0.223 e. The molecule has 0 bridgehead atoms. The van der Waals surface area contributed by atoms with Gasteiger partial charge in [-0.1, -0.05) is 6.42 Å². The van der Waals surface area contributed by atoms with Crippen molar-refractivity contribution in [3.63, 3.8) is 0 Å². The summed E-state index contributed by atoms with van der Waals surface area (Å²) < 4.78 is 0.